The van der Waals surface area contributed by atoms with Crippen LogP contribution in [-0.2, 0) is 6.42 Å². The number of nitrogens with zero attached hydrogens (tertiary/aromatic N) is 1. The van der Waals surface area contributed by atoms with Crippen molar-refractivity contribution in [1.29, 1.82) is 0 Å². The average Bonchev–Trinajstić information content (AvgIpc) is 2.86. The molecule has 0 amide bonds. The van der Waals surface area contributed by atoms with E-state index in [1.807, 2.05) is 12.2 Å². The van der Waals surface area contributed by atoms with Crippen molar-refractivity contribution in [2.24, 2.45) is 0 Å². The Labute approximate surface area is 129 Å². The van der Waals surface area contributed by atoms with Gasteiger partial charge in [0.2, 0.25) is 0 Å². The van der Waals surface area contributed by atoms with Gasteiger partial charge in [-0.25, -0.2) is 0 Å². The lowest BCUT2D eigenvalue weighted by atomic mass is 9.80. The molecule has 1 aromatic rings. The third kappa shape index (κ3) is 2.33. The third-order valence-corrected chi connectivity index (χ3v) is 5.23. The van der Waals surface area contributed by atoms with E-state index < -0.39 is 0 Å². The fraction of sp³-hybridized carbons (Fsp3) is 0.412. The van der Waals surface area contributed by atoms with Crippen LogP contribution in [0.3, 0.4) is 0 Å². The molecule has 0 saturated carbocycles. The molecule has 1 aliphatic heterocycles. The Hall–Kier alpha value is -1.06. The minimum absolute atomic E-state index is 0.579. The second kappa shape index (κ2) is 5.74. The van der Waals surface area contributed by atoms with E-state index in [1.165, 1.54) is 22.1 Å². The lowest BCUT2D eigenvalue weighted by molar-refractivity contribution is 0.210. The molecule has 1 aromatic carbocycles. The molecule has 0 radical (unpaired) electrons. The monoisotopic (exact) mass is 332 g/mol. The summed E-state index contributed by atoms with van der Waals surface area (Å²) in [6, 6.07) is 4.96. The molecule has 1 aliphatic carbocycles. The largest absolute Gasteiger partial charge is 0.384 e. The summed E-state index contributed by atoms with van der Waals surface area (Å²) in [5.41, 5.74) is 4.38. The zero-order valence-corrected chi connectivity index (χ0v) is 13.3. The summed E-state index contributed by atoms with van der Waals surface area (Å²) in [5.74, 6) is 0.647. The van der Waals surface area contributed by atoms with Gasteiger partial charge in [0.25, 0.3) is 0 Å². The lowest BCUT2D eigenvalue weighted by Crippen LogP contribution is -2.40. The van der Waals surface area contributed by atoms with Crippen LogP contribution >= 0.6 is 15.9 Å². The van der Waals surface area contributed by atoms with Crippen LogP contribution in [0.4, 0.5) is 5.69 Å². The summed E-state index contributed by atoms with van der Waals surface area (Å²) in [6.07, 6.45) is 6.34. The minimum atomic E-state index is 0.579. The van der Waals surface area contributed by atoms with Gasteiger partial charge in [0.05, 0.1) is 0 Å². The summed E-state index contributed by atoms with van der Waals surface area (Å²) in [7, 11) is 0. The van der Waals surface area contributed by atoms with Crippen LogP contribution in [0.1, 0.15) is 23.5 Å². The molecular formula is C17H21BrN2. The molecule has 0 spiro atoms. The minimum Gasteiger partial charge on any atom is -0.384 e. The molecule has 3 rings (SSSR count). The highest BCUT2D eigenvalue weighted by Gasteiger charge is 2.35. The molecule has 0 aromatic heterocycles. The van der Waals surface area contributed by atoms with Gasteiger partial charge in [-0.15, -0.1) is 13.2 Å². The molecule has 1 heterocycles. The topological polar surface area (TPSA) is 15.3 Å². The molecule has 2 atom stereocenters. The molecule has 20 heavy (non-hydrogen) atoms. The fourth-order valence-corrected chi connectivity index (χ4v) is 4.14. The van der Waals surface area contributed by atoms with Gasteiger partial charge in [0.1, 0.15) is 0 Å². The van der Waals surface area contributed by atoms with Crippen LogP contribution in [0.15, 0.2) is 41.9 Å². The van der Waals surface area contributed by atoms with Gasteiger partial charge in [-0.05, 0) is 36.1 Å². The molecule has 0 fully saturated rings. The summed E-state index contributed by atoms with van der Waals surface area (Å²) < 4.78 is 1.26. The number of anilines is 1. The van der Waals surface area contributed by atoms with Crippen molar-refractivity contribution >= 4 is 21.6 Å². The van der Waals surface area contributed by atoms with E-state index >= 15 is 0 Å². The maximum atomic E-state index is 3.89. The van der Waals surface area contributed by atoms with Crippen molar-refractivity contribution in [3.63, 3.8) is 0 Å². The molecule has 2 unspecified atom stereocenters. The van der Waals surface area contributed by atoms with Gasteiger partial charge >= 0.3 is 0 Å². The van der Waals surface area contributed by atoms with Crippen molar-refractivity contribution in [1.82, 2.24) is 4.90 Å². The zero-order valence-electron chi connectivity index (χ0n) is 11.7. The normalized spacial score (nSPS) is 23.3. The summed E-state index contributed by atoms with van der Waals surface area (Å²) in [6.45, 7) is 10.7. The van der Waals surface area contributed by atoms with Crippen LogP contribution in [-0.4, -0.2) is 30.6 Å². The number of nitrogens with one attached hydrogen (secondary N) is 1. The quantitative estimate of drug-likeness (QED) is 0.821. The van der Waals surface area contributed by atoms with Crippen LogP contribution in [0.25, 0.3) is 0 Å². The SMILES string of the molecule is C=CCN(CC=C)C1Cc2c(Br)ccc3c2C(CN3)C1. The number of rotatable bonds is 5. The lowest BCUT2D eigenvalue weighted by Gasteiger charge is -2.36. The molecular weight excluding hydrogens is 312 g/mol. The number of hydrogen-bond acceptors (Lipinski definition) is 2. The van der Waals surface area contributed by atoms with Crippen molar-refractivity contribution in [2.45, 2.75) is 24.8 Å². The first kappa shape index (κ1) is 13.9. The maximum absolute atomic E-state index is 3.89. The Kier molecular flexibility index (Phi) is 3.99. The van der Waals surface area contributed by atoms with Crippen molar-refractivity contribution in [3.8, 4) is 0 Å². The second-order valence-electron chi connectivity index (χ2n) is 5.69. The zero-order chi connectivity index (χ0) is 14.1. The van der Waals surface area contributed by atoms with E-state index in [0.29, 0.717) is 12.0 Å². The Morgan fingerprint density at radius 3 is 2.75 bits per heavy atom. The van der Waals surface area contributed by atoms with E-state index in [2.05, 4.69) is 51.4 Å². The highest BCUT2D eigenvalue weighted by Crippen LogP contribution is 2.44. The van der Waals surface area contributed by atoms with E-state index in [4.69, 9.17) is 0 Å². The summed E-state index contributed by atoms with van der Waals surface area (Å²) in [5, 5.41) is 3.55. The van der Waals surface area contributed by atoms with Gasteiger partial charge in [-0.2, -0.15) is 0 Å². The first-order valence-electron chi connectivity index (χ1n) is 7.25. The molecule has 1 N–H and O–H groups in total. The maximum Gasteiger partial charge on any atom is 0.0380 e. The summed E-state index contributed by atoms with van der Waals surface area (Å²) >= 11 is 3.74. The van der Waals surface area contributed by atoms with Crippen LogP contribution in [0.2, 0.25) is 0 Å². The van der Waals surface area contributed by atoms with Gasteiger partial charge in [-0.3, -0.25) is 4.90 Å². The number of benzene rings is 1. The van der Waals surface area contributed by atoms with Gasteiger partial charge in [0, 0.05) is 41.8 Å². The molecule has 0 bridgehead atoms. The fourth-order valence-electron chi connectivity index (χ4n) is 3.63. The Balaban J connectivity index is 1.91. The molecule has 0 saturated heterocycles. The molecule has 106 valence electrons. The van der Waals surface area contributed by atoms with Crippen molar-refractivity contribution in [2.75, 3.05) is 25.0 Å². The average molecular weight is 333 g/mol. The Bertz CT molecular complexity index is 528. The predicted molar refractivity (Wildman–Crippen MR) is 89.4 cm³/mol. The van der Waals surface area contributed by atoms with Gasteiger partial charge < -0.3 is 5.32 Å². The Morgan fingerprint density at radius 1 is 1.30 bits per heavy atom. The Morgan fingerprint density at radius 2 is 2.05 bits per heavy atom. The van der Waals surface area contributed by atoms with Crippen molar-refractivity contribution < 1.29 is 0 Å². The van der Waals surface area contributed by atoms with Crippen LogP contribution in [0.5, 0.6) is 0 Å². The third-order valence-electron chi connectivity index (χ3n) is 4.49. The number of hydrogen-bond donors (Lipinski definition) is 1. The first-order chi connectivity index (χ1) is 9.74. The highest BCUT2D eigenvalue weighted by molar-refractivity contribution is 9.10. The van der Waals surface area contributed by atoms with E-state index in [-0.39, 0.29) is 0 Å². The number of halogens is 1. The first-order valence-corrected chi connectivity index (χ1v) is 8.05. The van der Waals surface area contributed by atoms with E-state index in [1.54, 1.807) is 5.56 Å². The van der Waals surface area contributed by atoms with E-state index in [0.717, 1.165) is 26.1 Å². The molecule has 2 aliphatic rings. The smallest absolute Gasteiger partial charge is 0.0380 e. The van der Waals surface area contributed by atoms with Gasteiger partial charge in [0.15, 0.2) is 0 Å². The van der Waals surface area contributed by atoms with Crippen LogP contribution < -0.4 is 5.32 Å². The second-order valence-corrected chi connectivity index (χ2v) is 6.54. The standard InChI is InChI=1S/C17H21BrN2/c1-3-7-20(8-4-2)13-9-12-11-19-16-6-5-15(18)14(10-13)17(12)16/h3-6,12-13,19H,1-2,7-11H2. The van der Waals surface area contributed by atoms with Crippen molar-refractivity contribution in [3.05, 3.63) is 53.0 Å². The van der Waals surface area contributed by atoms with Gasteiger partial charge in [-0.1, -0.05) is 28.1 Å². The summed E-state index contributed by atoms with van der Waals surface area (Å²) in [4.78, 5) is 2.49. The van der Waals surface area contributed by atoms with Crippen LogP contribution in [0, 0.1) is 0 Å². The predicted octanol–water partition coefficient (Wildman–Crippen LogP) is 3.95. The van der Waals surface area contributed by atoms with E-state index in [9.17, 15) is 0 Å². The highest BCUT2D eigenvalue weighted by atomic mass is 79.9. The molecule has 2 nitrogen and oxygen atoms in total. The molecule has 3 heteroatoms.